The van der Waals surface area contributed by atoms with Gasteiger partial charge in [0.15, 0.2) is 0 Å². The number of hydrogen-bond donors (Lipinski definition) is 2. The summed E-state index contributed by atoms with van der Waals surface area (Å²) in [5.41, 5.74) is 4.68. The summed E-state index contributed by atoms with van der Waals surface area (Å²) >= 11 is 0. The Balaban J connectivity index is 1.37. The van der Waals surface area contributed by atoms with Crippen LogP contribution < -0.4 is 5.32 Å². The summed E-state index contributed by atoms with van der Waals surface area (Å²) in [4.78, 5) is 21.2. The van der Waals surface area contributed by atoms with Crippen LogP contribution in [0.5, 0.6) is 0 Å². The van der Waals surface area contributed by atoms with Gasteiger partial charge in [-0.05, 0) is 47.9 Å². The van der Waals surface area contributed by atoms with Gasteiger partial charge in [0, 0.05) is 18.0 Å². The molecule has 0 spiro atoms. The number of rotatable bonds is 7. The van der Waals surface area contributed by atoms with Gasteiger partial charge in [-0.15, -0.1) is 0 Å². The SMILES string of the molecule is O=C(N[C@@H](Cc1ccccc1)c1nc2ccccc2[nH]1)c1ccc(Cn2cccn2)cc1. The number of H-pyrrole nitrogens is 1. The molecule has 2 N–H and O–H groups in total. The minimum absolute atomic E-state index is 0.128. The van der Waals surface area contributed by atoms with Crippen molar-refractivity contribution >= 4 is 16.9 Å². The molecule has 0 fully saturated rings. The van der Waals surface area contributed by atoms with Gasteiger partial charge in [0.05, 0.1) is 23.6 Å². The first kappa shape index (κ1) is 19.8. The number of fused-ring (bicyclic) bond motifs is 1. The molecule has 0 radical (unpaired) electrons. The lowest BCUT2D eigenvalue weighted by Crippen LogP contribution is -2.30. The highest BCUT2D eigenvalue weighted by Gasteiger charge is 2.20. The molecule has 0 saturated heterocycles. The van der Waals surface area contributed by atoms with Crippen LogP contribution >= 0.6 is 0 Å². The zero-order valence-electron chi connectivity index (χ0n) is 17.5. The predicted octanol–water partition coefficient (Wildman–Crippen LogP) is 4.52. The fourth-order valence-electron chi connectivity index (χ4n) is 3.79. The molecule has 5 aromatic rings. The molecular weight excluding hydrogens is 398 g/mol. The highest BCUT2D eigenvalue weighted by Crippen LogP contribution is 2.20. The summed E-state index contributed by atoms with van der Waals surface area (Å²) in [6.07, 6.45) is 4.32. The molecule has 0 aliphatic rings. The minimum Gasteiger partial charge on any atom is -0.342 e. The van der Waals surface area contributed by atoms with Crippen LogP contribution in [0.3, 0.4) is 0 Å². The first-order valence-electron chi connectivity index (χ1n) is 10.6. The molecule has 3 aromatic carbocycles. The summed E-state index contributed by atoms with van der Waals surface area (Å²) in [6.45, 7) is 0.671. The van der Waals surface area contributed by atoms with E-state index in [9.17, 15) is 4.79 Å². The second-order valence-corrected chi connectivity index (χ2v) is 7.76. The van der Waals surface area contributed by atoms with Crippen molar-refractivity contribution in [2.24, 2.45) is 0 Å². The molecule has 1 atom stereocenters. The van der Waals surface area contributed by atoms with Gasteiger partial charge in [0.25, 0.3) is 5.91 Å². The average Bonchev–Trinajstić information content (AvgIpc) is 3.49. The fourth-order valence-corrected chi connectivity index (χ4v) is 3.79. The van der Waals surface area contributed by atoms with Crippen LogP contribution in [0.1, 0.15) is 33.4 Å². The standard InChI is InChI=1S/C26H23N5O/c32-26(21-13-11-20(12-14-21)18-31-16-6-15-27-31)30-24(17-19-7-2-1-3-8-19)25-28-22-9-4-5-10-23(22)29-25/h1-16,24H,17-18H2,(H,28,29)(H,30,32)/t24-/m0/s1. The van der Waals surface area contributed by atoms with Crippen molar-refractivity contribution in [3.8, 4) is 0 Å². The van der Waals surface area contributed by atoms with Crippen LogP contribution in [0.25, 0.3) is 11.0 Å². The van der Waals surface area contributed by atoms with Crippen molar-refractivity contribution in [1.29, 1.82) is 0 Å². The Morgan fingerprint density at radius 3 is 2.44 bits per heavy atom. The van der Waals surface area contributed by atoms with Crippen molar-refractivity contribution in [2.45, 2.75) is 19.0 Å². The van der Waals surface area contributed by atoms with Crippen LogP contribution in [0.15, 0.2) is 97.3 Å². The van der Waals surface area contributed by atoms with E-state index < -0.39 is 0 Å². The number of carbonyl (C=O) groups is 1. The van der Waals surface area contributed by atoms with Crippen LogP contribution in [0.4, 0.5) is 0 Å². The summed E-state index contributed by atoms with van der Waals surface area (Å²) in [5, 5.41) is 7.40. The molecule has 2 aromatic heterocycles. The number of aromatic amines is 1. The number of para-hydroxylation sites is 2. The first-order valence-corrected chi connectivity index (χ1v) is 10.6. The number of nitrogens with zero attached hydrogens (tertiary/aromatic N) is 3. The van der Waals surface area contributed by atoms with E-state index in [4.69, 9.17) is 4.98 Å². The van der Waals surface area contributed by atoms with Gasteiger partial charge in [0.1, 0.15) is 5.82 Å². The Bertz CT molecular complexity index is 1270. The molecule has 6 heteroatoms. The molecule has 6 nitrogen and oxygen atoms in total. The summed E-state index contributed by atoms with van der Waals surface area (Å²) in [5.74, 6) is 0.621. The van der Waals surface area contributed by atoms with Crippen LogP contribution in [0, 0.1) is 0 Å². The van der Waals surface area contributed by atoms with E-state index in [0.717, 1.165) is 28.0 Å². The van der Waals surface area contributed by atoms with Gasteiger partial charge >= 0.3 is 0 Å². The summed E-state index contributed by atoms with van der Waals surface area (Å²) in [6, 6.07) is 27.3. The van der Waals surface area contributed by atoms with E-state index in [2.05, 4.69) is 27.5 Å². The van der Waals surface area contributed by atoms with Crippen molar-refractivity contribution in [2.75, 3.05) is 0 Å². The molecule has 1 amide bonds. The third-order valence-corrected chi connectivity index (χ3v) is 5.45. The van der Waals surface area contributed by atoms with Gasteiger partial charge in [0.2, 0.25) is 0 Å². The maximum Gasteiger partial charge on any atom is 0.251 e. The van der Waals surface area contributed by atoms with Gasteiger partial charge < -0.3 is 10.3 Å². The maximum atomic E-state index is 13.1. The Kier molecular flexibility index (Phi) is 5.49. The number of amides is 1. The van der Waals surface area contributed by atoms with Crippen LogP contribution in [0.2, 0.25) is 0 Å². The number of benzene rings is 3. The monoisotopic (exact) mass is 421 g/mol. The highest BCUT2D eigenvalue weighted by atomic mass is 16.1. The normalized spacial score (nSPS) is 12.0. The van der Waals surface area contributed by atoms with Crippen molar-refractivity contribution in [1.82, 2.24) is 25.1 Å². The Morgan fingerprint density at radius 1 is 0.906 bits per heavy atom. The smallest absolute Gasteiger partial charge is 0.251 e. The lowest BCUT2D eigenvalue weighted by Gasteiger charge is -2.17. The largest absolute Gasteiger partial charge is 0.342 e. The highest BCUT2D eigenvalue weighted by molar-refractivity contribution is 5.94. The molecule has 0 unspecified atom stereocenters. The number of imidazole rings is 1. The second-order valence-electron chi connectivity index (χ2n) is 7.76. The lowest BCUT2D eigenvalue weighted by atomic mass is 10.0. The van der Waals surface area contributed by atoms with E-state index in [-0.39, 0.29) is 11.9 Å². The molecule has 0 aliphatic carbocycles. The van der Waals surface area contributed by atoms with E-state index >= 15 is 0 Å². The minimum atomic E-state index is -0.277. The number of carbonyl (C=O) groups excluding carboxylic acids is 1. The van der Waals surface area contributed by atoms with E-state index in [1.54, 1.807) is 6.20 Å². The molecule has 5 rings (SSSR count). The molecule has 32 heavy (non-hydrogen) atoms. The van der Waals surface area contributed by atoms with E-state index in [1.807, 2.05) is 83.7 Å². The van der Waals surface area contributed by atoms with E-state index in [1.165, 1.54) is 0 Å². The second kappa shape index (κ2) is 8.89. The molecule has 0 bridgehead atoms. The fraction of sp³-hybridized carbons (Fsp3) is 0.115. The molecular formula is C26H23N5O. The van der Waals surface area contributed by atoms with Crippen LogP contribution in [-0.2, 0) is 13.0 Å². The lowest BCUT2D eigenvalue weighted by molar-refractivity contribution is 0.0935. The third-order valence-electron chi connectivity index (χ3n) is 5.45. The molecule has 2 heterocycles. The maximum absolute atomic E-state index is 13.1. The molecule has 158 valence electrons. The zero-order valence-corrected chi connectivity index (χ0v) is 17.5. The topological polar surface area (TPSA) is 75.6 Å². The van der Waals surface area contributed by atoms with Gasteiger partial charge in [-0.2, -0.15) is 5.10 Å². The Labute approximate surface area is 185 Å². The first-order chi connectivity index (χ1) is 15.7. The van der Waals surface area contributed by atoms with Gasteiger partial charge in [-0.3, -0.25) is 9.48 Å². The zero-order chi connectivity index (χ0) is 21.8. The van der Waals surface area contributed by atoms with Crippen molar-refractivity contribution in [3.05, 3.63) is 120 Å². The summed E-state index contributed by atoms with van der Waals surface area (Å²) < 4.78 is 1.85. The molecule has 0 aliphatic heterocycles. The predicted molar refractivity (Wildman–Crippen MR) is 124 cm³/mol. The Morgan fingerprint density at radius 2 is 1.69 bits per heavy atom. The average molecular weight is 422 g/mol. The van der Waals surface area contributed by atoms with Gasteiger partial charge in [-0.1, -0.05) is 54.6 Å². The quantitative estimate of drug-likeness (QED) is 0.406. The number of aromatic nitrogens is 4. The number of nitrogens with one attached hydrogen (secondary N) is 2. The third kappa shape index (κ3) is 4.44. The van der Waals surface area contributed by atoms with Gasteiger partial charge in [-0.25, -0.2) is 4.98 Å². The summed E-state index contributed by atoms with van der Waals surface area (Å²) in [7, 11) is 0. The number of hydrogen-bond acceptors (Lipinski definition) is 3. The Hall–Kier alpha value is -4.19. The van der Waals surface area contributed by atoms with E-state index in [0.29, 0.717) is 18.5 Å². The van der Waals surface area contributed by atoms with Crippen molar-refractivity contribution in [3.63, 3.8) is 0 Å². The van der Waals surface area contributed by atoms with Crippen LogP contribution in [-0.4, -0.2) is 25.7 Å². The molecule has 0 saturated carbocycles. The van der Waals surface area contributed by atoms with Crippen molar-refractivity contribution < 1.29 is 4.79 Å².